The second kappa shape index (κ2) is 5.83. The molecule has 0 fully saturated rings. The number of nitro groups is 1. The van der Waals surface area contributed by atoms with E-state index in [0.717, 1.165) is 0 Å². The van der Waals surface area contributed by atoms with Crippen molar-refractivity contribution in [1.82, 2.24) is 4.98 Å². The van der Waals surface area contributed by atoms with E-state index in [1.807, 2.05) is 0 Å². The number of nitrogens with one attached hydrogen (secondary N) is 1. The third-order valence-electron chi connectivity index (χ3n) is 2.45. The number of nitrogens with two attached hydrogens (primary N) is 1. The van der Waals surface area contributed by atoms with Crippen LogP contribution in [-0.4, -0.2) is 22.5 Å². The van der Waals surface area contributed by atoms with Crippen LogP contribution in [0.5, 0.6) is 0 Å². The van der Waals surface area contributed by atoms with Gasteiger partial charge in [0.15, 0.2) is 0 Å². The molecule has 1 aromatic rings. The molecule has 3 N–H and O–H groups in total. The minimum atomic E-state index is -4.65. The molecular formula is C10H13F3N4O2. The third kappa shape index (κ3) is 4.05. The van der Waals surface area contributed by atoms with E-state index in [-0.39, 0.29) is 18.3 Å². The molecule has 19 heavy (non-hydrogen) atoms. The second-order valence-corrected chi connectivity index (χ2v) is 3.89. The predicted molar refractivity (Wildman–Crippen MR) is 62.6 cm³/mol. The van der Waals surface area contributed by atoms with Crippen molar-refractivity contribution in [2.45, 2.75) is 25.6 Å². The van der Waals surface area contributed by atoms with E-state index < -0.39 is 22.5 Å². The van der Waals surface area contributed by atoms with Gasteiger partial charge in [-0.05, 0) is 12.5 Å². The first-order chi connectivity index (χ1) is 8.75. The van der Waals surface area contributed by atoms with Gasteiger partial charge >= 0.3 is 11.9 Å². The monoisotopic (exact) mass is 278 g/mol. The zero-order valence-corrected chi connectivity index (χ0v) is 10.1. The molecule has 0 aliphatic rings. The van der Waals surface area contributed by atoms with Crippen LogP contribution in [0, 0.1) is 10.1 Å². The Morgan fingerprint density at radius 3 is 2.68 bits per heavy atom. The molecule has 1 atom stereocenters. The van der Waals surface area contributed by atoms with Crippen LogP contribution in [0.25, 0.3) is 0 Å². The van der Waals surface area contributed by atoms with E-state index in [1.54, 1.807) is 6.92 Å². The van der Waals surface area contributed by atoms with Gasteiger partial charge in [-0.25, -0.2) is 4.98 Å². The van der Waals surface area contributed by atoms with Crippen molar-refractivity contribution in [2.75, 3.05) is 11.9 Å². The van der Waals surface area contributed by atoms with Gasteiger partial charge in [-0.15, -0.1) is 0 Å². The van der Waals surface area contributed by atoms with E-state index >= 15 is 0 Å². The van der Waals surface area contributed by atoms with Crippen molar-refractivity contribution < 1.29 is 18.1 Å². The average Bonchev–Trinajstić information content (AvgIpc) is 2.34. The quantitative estimate of drug-likeness (QED) is 0.635. The Morgan fingerprint density at radius 1 is 1.58 bits per heavy atom. The molecule has 1 rings (SSSR count). The van der Waals surface area contributed by atoms with Crippen LogP contribution in [0.2, 0.25) is 0 Å². The molecule has 9 heteroatoms. The number of alkyl halides is 3. The van der Waals surface area contributed by atoms with Crippen LogP contribution in [0.1, 0.15) is 19.0 Å². The number of hydrogen-bond donors (Lipinski definition) is 2. The van der Waals surface area contributed by atoms with Crippen molar-refractivity contribution in [3.63, 3.8) is 0 Å². The normalized spacial score (nSPS) is 13.1. The Bertz CT molecular complexity index is 465. The predicted octanol–water partition coefficient (Wildman–Crippen LogP) is 2.16. The highest BCUT2D eigenvalue weighted by Crippen LogP contribution is 2.32. The van der Waals surface area contributed by atoms with Gasteiger partial charge in [0.25, 0.3) is 0 Å². The summed E-state index contributed by atoms with van der Waals surface area (Å²) in [5.41, 5.74) is 3.65. The van der Waals surface area contributed by atoms with Crippen LogP contribution >= 0.6 is 0 Å². The van der Waals surface area contributed by atoms with E-state index in [2.05, 4.69) is 10.3 Å². The van der Waals surface area contributed by atoms with Gasteiger partial charge in [-0.2, -0.15) is 13.2 Å². The van der Waals surface area contributed by atoms with Crippen molar-refractivity contribution in [2.24, 2.45) is 5.73 Å². The molecule has 1 heterocycles. The molecule has 0 aliphatic carbocycles. The molecule has 0 aliphatic heterocycles. The van der Waals surface area contributed by atoms with Crippen molar-refractivity contribution in [3.8, 4) is 0 Å². The minimum absolute atomic E-state index is 0.138. The van der Waals surface area contributed by atoms with E-state index in [0.29, 0.717) is 18.7 Å². The lowest BCUT2D eigenvalue weighted by Gasteiger charge is -2.13. The zero-order chi connectivity index (χ0) is 14.6. The number of aromatic nitrogens is 1. The third-order valence-corrected chi connectivity index (χ3v) is 2.45. The standard InChI is InChI=1S/C10H13F3N4O2/c1-2-6(14)4-15-7-3-9(10(11,12)13)16-5-8(7)17(18)19/h3,5-6H,2,4,14H2,1H3,(H,15,16). The molecule has 0 saturated heterocycles. The SMILES string of the molecule is CCC(N)CNc1cc(C(F)(F)F)ncc1[N+](=O)[O-]. The maximum absolute atomic E-state index is 12.5. The summed E-state index contributed by atoms with van der Waals surface area (Å²) in [6, 6.07) is 0.308. The summed E-state index contributed by atoms with van der Waals surface area (Å²) in [7, 11) is 0. The molecule has 0 radical (unpaired) electrons. The summed E-state index contributed by atoms with van der Waals surface area (Å²) in [6.07, 6.45) is -3.47. The molecule has 0 amide bonds. The highest BCUT2D eigenvalue weighted by Gasteiger charge is 2.34. The molecule has 1 aromatic heterocycles. The smallest absolute Gasteiger partial charge is 0.378 e. The molecule has 0 aromatic carbocycles. The van der Waals surface area contributed by atoms with Gasteiger partial charge in [0.1, 0.15) is 17.6 Å². The average molecular weight is 278 g/mol. The van der Waals surface area contributed by atoms with Gasteiger partial charge in [0, 0.05) is 12.6 Å². The number of pyridine rings is 1. The van der Waals surface area contributed by atoms with Crippen molar-refractivity contribution >= 4 is 11.4 Å². The van der Waals surface area contributed by atoms with Crippen molar-refractivity contribution in [1.29, 1.82) is 0 Å². The largest absolute Gasteiger partial charge is 0.433 e. The second-order valence-electron chi connectivity index (χ2n) is 3.89. The molecule has 106 valence electrons. The Labute approximate surface area is 107 Å². The molecule has 1 unspecified atom stereocenters. The summed E-state index contributed by atoms with van der Waals surface area (Å²) >= 11 is 0. The fraction of sp³-hybridized carbons (Fsp3) is 0.500. The van der Waals surface area contributed by atoms with Crippen LogP contribution < -0.4 is 11.1 Å². The van der Waals surface area contributed by atoms with Crippen molar-refractivity contribution in [3.05, 3.63) is 28.1 Å². The number of nitrogens with zero attached hydrogens (tertiary/aromatic N) is 2. The lowest BCUT2D eigenvalue weighted by molar-refractivity contribution is -0.384. The Balaban J connectivity index is 3.06. The van der Waals surface area contributed by atoms with E-state index in [1.165, 1.54) is 0 Å². The summed E-state index contributed by atoms with van der Waals surface area (Å²) in [4.78, 5) is 13.0. The Kier molecular flexibility index (Phi) is 4.65. The number of halogens is 3. The van der Waals surface area contributed by atoms with E-state index in [4.69, 9.17) is 5.73 Å². The first kappa shape index (κ1) is 15.2. The lowest BCUT2D eigenvalue weighted by Crippen LogP contribution is -2.28. The number of anilines is 1. The van der Waals surface area contributed by atoms with E-state index in [9.17, 15) is 23.3 Å². The summed E-state index contributed by atoms with van der Waals surface area (Å²) in [5.74, 6) is 0. The molecular weight excluding hydrogens is 265 g/mol. The molecule has 0 saturated carbocycles. The lowest BCUT2D eigenvalue weighted by atomic mass is 10.2. The van der Waals surface area contributed by atoms with Gasteiger partial charge in [-0.3, -0.25) is 10.1 Å². The summed E-state index contributed by atoms with van der Waals surface area (Å²) < 4.78 is 37.4. The number of rotatable bonds is 5. The maximum Gasteiger partial charge on any atom is 0.433 e. The fourth-order valence-corrected chi connectivity index (χ4v) is 1.28. The molecule has 0 bridgehead atoms. The van der Waals surface area contributed by atoms with Crippen LogP contribution in [-0.2, 0) is 6.18 Å². The van der Waals surface area contributed by atoms with Gasteiger partial charge in [0.2, 0.25) is 0 Å². The first-order valence-corrected chi connectivity index (χ1v) is 5.46. The minimum Gasteiger partial charge on any atom is -0.378 e. The molecule has 0 spiro atoms. The fourth-order valence-electron chi connectivity index (χ4n) is 1.28. The topological polar surface area (TPSA) is 94.1 Å². The highest BCUT2D eigenvalue weighted by molar-refractivity contribution is 5.61. The molecule has 6 nitrogen and oxygen atoms in total. The summed E-state index contributed by atoms with van der Waals surface area (Å²) in [6.45, 7) is 1.94. The maximum atomic E-state index is 12.5. The van der Waals surface area contributed by atoms with Gasteiger partial charge < -0.3 is 11.1 Å². The van der Waals surface area contributed by atoms with Gasteiger partial charge in [0.05, 0.1) is 4.92 Å². The zero-order valence-electron chi connectivity index (χ0n) is 10.1. The Hall–Kier alpha value is -1.90. The Morgan fingerprint density at radius 2 is 2.21 bits per heavy atom. The highest BCUT2D eigenvalue weighted by atomic mass is 19.4. The summed E-state index contributed by atoms with van der Waals surface area (Å²) in [5, 5.41) is 13.3. The van der Waals surface area contributed by atoms with Crippen LogP contribution in [0.15, 0.2) is 12.3 Å². The van der Waals surface area contributed by atoms with Gasteiger partial charge in [-0.1, -0.05) is 6.92 Å². The van der Waals surface area contributed by atoms with Crippen LogP contribution in [0.4, 0.5) is 24.5 Å². The number of hydrogen-bond acceptors (Lipinski definition) is 5. The first-order valence-electron chi connectivity index (χ1n) is 5.46. The van der Waals surface area contributed by atoms with Crippen LogP contribution in [0.3, 0.4) is 0 Å².